The summed E-state index contributed by atoms with van der Waals surface area (Å²) in [6.45, 7) is 6.64. The Labute approximate surface area is 115 Å². The fraction of sp³-hybridized carbons (Fsp3) is 0.533. The van der Waals surface area contributed by atoms with Gasteiger partial charge in [-0.3, -0.25) is 4.90 Å². The second-order valence-electron chi connectivity index (χ2n) is 5.09. The second kappa shape index (κ2) is 7.22. The van der Waals surface area contributed by atoms with E-state index in [1.807, 2.05) is 14.1 Å². The summed E-state index contributed by atoms with van der Waals surface area (Å²) in [6, 6.07) is 6.83. The van der Waals surface area contributed by atoms with Crippen LogP contribution in [0.5, 0.6) is 0 Å². The highest BCUT2D eigenvalue weighted by Gasteiger charge is 2.15. The van der Waals surface area contributed by atoms with E-state index in [0.29, 0.717) is 18.2 Å². The van der Waals surface area contributed by atoms with Gasteiger partial charge < -0.3 is 4.90 Å². The molecule has 1 aromatic rings. The average Bonchev–Trinajstić information content (AvgIpc) is 2.35. The van der Waals surface area contributed by atoms with Crippen molar-refractivity contribution in [2.45, 2.75) is 26.4 Å². The van der Waals surface area contributed by atoms with E-state index < -0.39 is 0 Å². The van der Waals surface area contributed by atoms with Gasteiger partial charge in [0.15, 0.2) is 0 Å². The fourth-order valence-electron chi connectivity index (χ4n) is 2.24. The van der Waals surface area contributed by atoms with Gasteiger partial charge in [0, 0.05) is 19.1 Å². The average molecular weight is 263 g/mol. The number of benzene rings is 1. The number of rotatable bonds is 6. The van der Waals surface area contributed by atoms with Crippen molar-refractivity contribution in [3.05, 3.63) is 35.1 Å². The number of hydrogen-bond acceptors (Lipinski definition) is 3. The van der Waals surface area contributed by atoms with Gasteiger partial charge in [0.1, 0.15) is 5.82 Å². The summed E-state index contributed by atoms with van der Waals surface area (Å²) in [5.74, 6) is -0.287. The Balaban J connectivity index is 2.86. The molecular formula is C15H22FN3. The van der Waals surface area contributed by atoms with Gasteiger partial charge in [0.2, 0.25) is 0 Å². The summed E-state index contributed by atoms with van der Waals surface area (Å²) in [6.07, 6.45) is 0. The third-order valence-corrected chi connectivity index (χ3v) is 3.22. The van der Waals surface area contributed by atoms with Crippen molar-refractivity contribution in [1.82, 2.24) is 9.80 Å². The van der Waals surface area contributed by atoms with Crippen molar-refractivity contribution in [2.24, 2.45) is 0 Å². The molecule has 0 radical (unpaired) electrons. The molecule has 0 fully saturated rings. The molecule has 0 N–H and O–H groups in total. The molecular weight excluding hydrogens is 241 g/mol. The van der Waals surface area contributed by atoms with Gasteiger partial charge in [-0.25, -0.2) is 4.39 Å². The lowest BCUT2D eigenvalue weighted by Gasteiger charge is -2.30. The molecule has 0 aliphatic carbocycles. The first kappa shape index (κ1) is 15.6. The molecule has 19 heavy (non-hydrogen) atoms. The van der Waals surface area contributed by atoms with Gasteiger partial charge in [0.25, 0.3) is 0 Å². The third-order valence-electron chi connectivity index (χ3n) is 3.22. The Morgan fingerprint density at radius 1 is 1.37 bits per heavy atom. The lowest BCUT2D eigenvalue weighted by atomic mass is 10.1. The van der Waals surface area contributed by atoms with Crippen molar-refractivity contribution in [3.63, 3.8) is 0 Å². The summed E-state index contributed by atoms with van der Waals surface area (Å²) in [5, 5.41) is 9.08. The largest absolute Gasteiger partial charge is 0.308 e. The number of hydrogen-bond donors (Lipinski definition) is 0. The third kappa shape index (κ3) is 4.62. The van der Waals surface area contributed by atoms with E-state index in [2.05, 4.69) is 29.7 Å². The molecule has 1 aromatic carbocycles. The smallest absolute Gasteiger partial charge is 0.123 e. The van der Waals surface area contributed by atoms with Gasteiger partial charge in [0.05, 0.1) is 11.6 Å². The van der Waals surface area contributed by atoms with Crippen LogP contribution in [0.3, 0.4) is 0 Å². The van der Waals surface area contributed by atoms with Crippen LogP contribution >= 0.6 is 0 Å². The number of nitrogens with zero attached hydrogens (tertiary/aromatic N) is 3. The Hall–Kier alpha value is -1.44. The molecule has 0 amide bonds. The van der Waals surface area contributed by atoms with Crippen LogP contribution in [-0.2, 0) is 6.54 Å². The van der Waals surface area contributed by atoms with Gasteiger partial charge in [-0.2, -0.15) is 5.26 Å². The summed E-state index contributed by atoms with van der Waals surface area (Å²) < 4.78 is 13.3. The van der Waals surface area contributed by atoms with Crippen molar-refractivity contribution < 1.29 is 4.39 Å². The lowest BCUT2D eigenvalue weighted by molar-refractivity contribution is 0.174. The fourth-order valence-corrected chi connectivity index (χ4v) is 2.24. The zero-order valence-electron chi connectivity index (χ0n) is 12.2. The van der Waals surface area contributed by atoms with E-state index >= 15 is 0 Å². The molecule has 0 spiro atoms. The van der Waals surface area contributed by atoms with Crippen LogP contribution in [0.15, 0.2) is 18.2 Å². The molecule has 0 bridgehead atoms. The van der Waals surface area contributed by atoms with Gasteiger partial charge >= 0.3 is 0 Å². The van der Waals surface area contributed by atoms with E-state index in [1.54, 1.807) is 6.07 Å². The standard InChI is InChI=1S/C15H22FN3/c1-5-19(12(2)10-18(3)4)11-14-8-15(16)7-6-13(14)9-17/h6-8,12H,5,10-11H2,1-4H3. The molecule has 1 rings (SSSR count). The molecule has 4 heteroatoms. The predicted octanol–water partition coefficient (Wildman–Crippen LogP) is 2.47. The first-order valence-corrected chi connectivity index (χ1v) is 6.55. The van der Waals surface area contributed by atoms with Crippen LogP contribution in [0.1, 0.15) is 25.0 Å². The molecule has 104 valence electrons. The molecule has 0 aliphatic rings. The van der Waals surface area contributed by atoms with Crippen molar-refractivity contribution in [3.8, 4) is 6.07 Å². The van der Waals surface area contributed by atoms with Gasteiger partial charge in [-0.1, -0.05) is 6.92 Å². The summed E-state index contributed by atoms with van der Waals surface area (Å²) >= 11 is 0. The van der Waals surface area contributed by atoms with Crippen LogP contribution in [0, 0.1) is 17.1 Å². The SMILES string of the molecule is CCN(Cc1cc(F)ccc1C#N)C(C)CN(C)C. The zero-order valence-corrected chi connectivity index (χ0v) is 12.2. The number of halogens is 1. The first-order valence-electron chi connectivity index (χ1n) is 6.55. The van der Waals surface area contributed by atoms with Crippen LogP contribution in [0.2, 0.25) is 0 Å². The number of nitriles is 1. The van der Waals surface area contributed by atoms with Crippen molar-refractivity contribution >= 4 is 0 Å². The monoisotopic (exact) mass is 263 g/mol. The lowest BCUT2D eigenvalue weighted by Crippen LogP contribution is -2.39. The molecule has 0 aromatic heterocycles. The Morgan fingerprint density at radius 2 is 2.05 bits per heavy atom. The molecule has 0 saturated heterocycles. The minimum Gasteiger partial charge on any atom is -0.308 e. The maximum absolute atomic E-state index is 13.3. The minimum absolute atomic E-state index is 0.287. The Kier molecular flexibility index (Phi) is 5.94. The highest BCUT2D eigenvalue weighted by molar-refractivity contribution is 5.37. The predicted molar refractivity (Wildman–Crippen MR) is 75.2 cm³/mol. The van der Waals surface area contributed by atoms with Crippen LogP contribution in [0.4, 0.5) is 4.39 Å². The van der Waals surface area contributed by atoms with Crippen LogP contribution in [-0.4, -0.2) is 43.0 Å². The molecule has 1 unspecified atom stereocenters. The molecule has 1 atom stereocenters. The van der Waals surface area contributed by atoms with Crippen LogP contribution < -0.4 is 0 Å². The number of likely N-dealkylation sites (N-methyl/N-ethyl adjacent to an activating group) is 2. The minimum atomic E-state index is -0.287. The Bertz CT molecular complexity index is 451. The maximum atomic E-state index is 13.3. The zero-order chi connectivity index (χ0) is 14.4. The van der Waals surface area contributed by atoms with Crippen molar-refractivity contribution in [2.75, 3.05) is 27.2 Å². The highest BCUT2D eigenvalue weighted by atomic mass is 19.1. The van der Waals surface area contributed by atoms with E-state index in [9.17, 15) is 4.39 Å². The topological polar surface area (TPSA) is 30.3 Å². The second-order valence-corrected chi connectivity index (χ2v) is 5.09. The molecule has 0 saturated carbocycles. The summed E-state index contributed by atoms with van der Waals surface area (Å²) in [7, 11) is 4.07. The van der Waals surface area contributed by atoms with E-state index in [0.717, 1.165) is 18.7 Å². The van der Waals surface area contributed by atoms with E-state index in [-0.39, 0.29) is 5.82 Å². The van der Waals surface area contributed by atoms with Crippen molar-refractivity contribution in [1.29, 1.82) is 5.26 Å². The molecule has 3 nitrogen and oxygen atoms in total. The van der Waals surface area contributed by atoms with E-state index in [1.165, 1.54) is 12.1 Å². The Morgan fingerprint density at radius 3 is 2.58 bits per heavy atom. The summed E-state index contributed by atoms with van der Waals surface area (Å²) in [5.41, 5.74) is 1.31. The quantitative estimate of drug-likeness (QED) is 0.790. The van der Waals surface area contributed by atoms with Gasteiger partial charge in [-0.05, 0) is 51.3 Å². The molecule has 0 heterocycles. The highest BCUT2D eigenvalue weighted by Crippen LogP contribution is 2.15. The maximum Gasteiger partial charge on any atom is 0.123 e. The summed E-state index contributed by atoms with van der Waals surface area (Å²) in [4.78, 5) is 4.37. The molecule has 0 aliphatic heterocycles. The normalized spacial score (nSPS) is 12.7. The van der Waals surface area contributed by atoms with E-state index in [4.69, 9.17) is 5.26 Å². The van der Waals surface area contributed by atoms with Gasteiger partial charge in [-0.15, -0.1) is 0 Å². The van der Waals surface area contributed by atoms with Crippen LogP contribution in [0.25, 0.3) is 0 Å². The first-order chi connectivity index (χ1) is 8.97.